The van der Waals surface area contributed by atoms with Crippen LogP contribution in [-0.4, -0.2) is 27.5 Å². The maximum absolute atomic E-state index is 10.8. The minimum Gasteiger partial charge on any atom is -0.506 e. The van der Waals surface area contributed by atoms with Crippen molar-refractivity contribution >= 4 is 67.1 Å². The van der Waals surface area contributed by atoms with Gasteiger partial charge in [-0.15, -0.1) is 0 Å². The van der Waals surface area contributed by atoms with Crippen molar-refractivity contribution in [2.24, 2.45) is 5.10 Å². The molecule has 0 spiro atoms. The molecule has 124 valence electrons. The van der Waals surface area contributed by atoms with Gasteiger partial charge in [0.1, 0.15) is 5.75 Å². The highest BCUT2D eigenvalue weighted by Gasteiger charge is 2.05. The highest BCUT2D eigenvalue weighted by atomic mass is 79.9. The number of phenols is 1. The summed E-state index contributed by atoms with van der Waals surface area (Å²) in [5.74, 6) is -0.932. The Morgan fingerprint density at radius 3 is 2.50 bits per heavy atom. The molecule has 0 radical (unpaired) electrons. The summed E-state index contributed by atoms with van der Waals surface area (Å²) >= 11 is 11.6. The summed E-state index contributed by atoms with van der Waals surface area (Å²) in [6, 6.07) is 9.54. The maximum atomic E-state index is 10.8. The van der Waals surface area contributed by atoms with Crippen molar-refractivity contribution in [3.63, 3.8) is 0 Å². The van der Waals surface area contributed by atoms with Gasteiger partial charge in [0.05, 0.1) is 16.3 Å². The zero-order valence-electron chi connectivity index (χ0n) is 12.0. The van der Waals surface area contributed by atoms with Crippen LogP contribution in [0, 0.1) is 0 Å². The Morgan fingerprint density at radius 1 is 1.21 bits per heavy atom. The average molecular weight is 473 g/mol. The predicted molar refractivity (Wildman–Crippen MR) is 104 cm³/mol. The third-order valence-corrected chi connectivity index (χ3v) is 4.07. The van der Waals surface area contributed by atoms with E-state index >= 15 is 0 Å². The molecule has 2 aromatic rings. The van der Waals surface area contributed by atoms with Crippen LogP contribution in [0.3, 0.4) is 0 Å². The molecule has 0 amide bonds. The smallest absolute Gasteiger partial charge is 0.335 e. The molecule has 0 aromatic heterocycles. The minimum absolute atomic E-state index is 0.0619. The van der Waals surface area contributed by atoms with Crippen LogP contribution in [0.15, 0.2) is 50.4 Å². The first-order valence-corrected chi connectivity index (χ1v) is 8.47. The number of carboxylic acid groups (broad SMARTS) is 1. The van der Waals surface area contributed by atoms with Gasteiger partial charge in [0.2, 0.25) is 0 Å². The fourth-order valence-electron chi connectivity index (χ4n) is 1.70. The number of rotatable bonds is 4. The van der Waals surface area contributed by atoms with E-state index < -0.39 is 5.97 Å². The maximum Gasteiger partial charge on any atom is 0.335 e. The van der Waals surface area contributed by atoms with E-state index in [-0.39, 0.29) is 16.4 Å². The normalized spacial score (nSPS) is 10.6. The third-order valence-electron chi connectivity index (χ3n) is 2.82. The van der Waals surface area contributed by atoms with Gasteiger partial charge < -0.3 is 15.5 Å². The van der Waals surface area contributed by atoms with E-state index in [0.717, 1.165) is 4.47 Å². The van der Waals surface area contributed by atoms with Crippen LogP contribution >= 0.6 is 44.1 Å². The molecule has 0 heterocycles. The van der Waals surface area contributed by atoms with Crippen molar-refractivity contribution in [1.29, 1.82) is 0 Å². The first-order valence-electron chi connectivity index (χ1n) is 6.48. The van der Waals surface area contributed by atoms with Crippen LogP contribution in [0.4, 0.5) is 5.69 Å². The topological polar surface area (TPSA) is 94.0 Å². The van der Waals surface area contributed by atoms with E-state index in [4.69, 9.17) is 17.3 Å². The molecule has 0 saturated heterocycles. The second-order valence-corrected chi connectivity index (χ2v) is 6.71. The Labute approximate surface area is 159 Å². The summed E-state index contributed by atoms with van der Waals surface area (Å²) in [7, 11) is 0. The number of aromatic carboxylic acids is 1. The first-order chi connectivity index (χ1) is 11.4. The van der Waals surface area contributed by atoms with Gasteiger partial charge in [-0.2, -0.15) is 5.10 Å². The predicted octanol–water partition coefficient (Wildman–Crippen LogP) is 3.94. The summed E-state index contributed by atoms with van der Waals surface area (Å²) in [5.41, 5.74) is 3.93. The summed E-state index contributed by atoms with van der Waals surface area (Å²) in [6.07, 6.45) is 1.42. The number of hydrogen-bond donors (Lipinski definition) is 4. The summed E-state index contributed by atoms with van der Waals surface area (Å²) in [5, 5.41) is 25.8. The number of thiocarbonyl (C=S) groups is 1. The molecule has 0 saturated carbocycles. The number of hydrogen-bond acceptors (Lipinski definition) is 4. The second kappa shape index (κ2) is 8.22. The first kappa shape index (κ1) is 18.4. The van der Waals surface area contributed by atoms with Gasteiger partial charge in [0.15, 0.2) is 5.11 Å². The number of halogens is 2. The quantitative estimate of drug-likeness (QED) is 0.306. The molecule has 4 N–H and O–H groups in total. The largest absolute Gasteiger partial charge is 0.506 e. The number of hydrazone groups is 1. The van der Waals surface area contributed by atoms with Crippen LogP contribution in [0.2, 0.25) is 0 Å². The Morgan fingerprint density at radius 2 is 1.88 bits per heavy atom. The van der Waals surface area contributed by atoms with Crippen molar-refractivity contribution in [2.45, 2.75) is 0 Å². The molecule has 0 aliphatic carbocycles. The van der Waals surface area contributed by atoms with Crippen LogP contribution < -0.4 is 10.7 Å². The number of carboxylic acids is 1. The minimum atomic E-state index is -0.994. The lowest BCUT2D eigenvalue weighted by Gasteiger charge is -2.07. The van der Waals surface area contributed by atoms with Crippen molar-refractivity contribution in [1.82, 2.24) is 5.43 Å². The van der Waals surface area contributed by atoms with Gasteiger partial charge >= 0.3 is 5.97 Å². The molecule has 0 aliphatic heterocycles. The fourth-order valence-corrected chi connectivity index (χ4v) is 3.13. The van der Waals surface area contributed by atoms with Gasteiger partial charge in [-0.1, -0.05) is 15.9 Å². The molecule has 0 fully saturated rings. The molecule has 6 nitrogen and oxygen atoms in total. The number of anilines is 1. The molecule has 0 aliphatic rings. The van der Waals surface area contributed by atoms with Crippen LogP contribution in [0.5, 0.6) is 5.75 Å². The molecule has 9 heteroatoms. The zero-order valence-corrected chi connectivity index (χ0v) is 15.9. The average Bonchev–Trinajstić information content (AvgIpc) is 2.52. The van der Waals surface area contributed by atoms with E-state index in [1.54, 1.807) is 24.3 Å². The highest BCUT2D eigenvalue weighted by Crippen LogP contribution is 2.30. The molecule has 2 aromatic carbocycles. The van der Waals surface area contributed by atoms with Gasteiger partial charge in [-0.3, -0.25) is 5.43 Å². The van der Waals surface area contributed by atoms with Crippen LogP contribution in [-0.2, 0) is 0 Å². The third kappa shape index (κ3) is 5.02. The standard InChI is InChI=1S/C15H11Br2N3O3S/c16-10-5-9(13(21)12(17)6-10)7-18-20-15(24)19-11-3-1-8(2-4-11)14(22)23/h1-7,21H,(H,22,23)(H2,19,20,24). The van der Waals surface area contributed by atoms with E-state index in [1.165, 1.54) is 18.3 Å². The lowest BCUT2D eigenvalue weighted by atomic mass is 10.2. The summed E-state index contributed by atoms with van der Waals surface area (Å²) in [6.45, 7) is 0. The molecule has 0 unspecified atom stereocenters. The molecular weight excluding hydrogens is 462 g/mol. The number of phenolic OH excluding ortho intramolecular Hbond substituents is 1. The van der Waals surface area contributed by atoms with E-state index in [2.05, 4.69) is 47.7 Å². The molecule has 2 rings (SSSR count). The van der Waals surface area contributed by atoms with Crippen molar-refractivity contribution in [3.05, 3.63) is 56.5 Å². The number of benzene rings is 2. The summed E-state index contributed by atoms with van der Waals surface area (Å²) < 4.78 is 1.32. The van der Waals surface area contributed by atoms with Crippen molar-refractivity contribution in [2.75, 3.05) is 5.32 Å². The van der Waals surface area contributed by atoms with Gasteiger partial charge in [-0.25, -0.2) is 4.79 Å². The number of nitrogens with one attached hydrogen (secondary N) is 2. The van der Waals surface area contributed by atoms with Gasteiger partial charge in [0.25, 0.3) is 0 Å². The number of nitrogens with zero attached hydrogens (tertiary/aromatic N) is 1. The lowest BCUT2D eigenvalue weighted by Crippen LogP contribution is -2.23. The van der Waals surface area contributed by atoms with E-state index in [1.807, 2.05) is 0 Å². The van der Waals surface area contributed by atoms with Crippen molar-refractivity contribution in [3.8, 4) is 5.75 Å². The Kier molecular flexibility index (Phi) is 6.29. The number of aromatic hydroxyl groups is 1. The van der Waals surface area contributed by atoms with E-state index in [0.29, 0.717) is 15.7 Å². The second-order valence-electron chi connectivity index (χ2n) is 4.53. The SMILES string of the molecule is O=C(O)c1ccc(NC(=S)NN=Cc2cc(Br)cc(Br)c2O)cc1. The Hall–Kier alpha value is -1.97. The zero-order chi connectivity index (χ0) is 17.7. The molecule has 0 atom stereocenters. The molecule has 0 bridgehead atoms. The van der Waals surface area contributed by atoms with Crippen LogP contribution in [0.1, 0.15) is 15.9 Å². The molecule has 24 heavy (non-hydrogen) atoms. The fraction of sp³-hybridized carbons (Fsp3) is 0. The van der Waals surface area contributed by atoms with E-state index in [9.17, 15) is 9.90 Å². The van der Waals surface area contributed by atoms with Crippen LogP contribution in [0.25, 0.3) is 0 Å². The Balaban J connectivity index is 1.97. The lowest BCUT2D eigenvalue weighted by molar-refractivity contribution is 0.0697. The molecular formula is C15H11Br2N3O3S. The van der Waals surface area contributed by atoms with Gasteiger partial charge in [0, 0.05) is 15.7 Å². The summed E-state index contributed by atoms with van der Waals surface area (Å²) in [4.78, 5) is 10.8. The Bertz CT molecular complexity index is 810. The van der Waals surface area contributed by atoms with Gasteiger partial charge in [-0.05, 0) is 64.5 Å². The number of carbonyl (C=O) groups is 1. The van der Waals surface area contributed by atoms with Crippen molar-refractivity contribution < 1.29 is 15.0 Å². The monoisotopic (exact) mass is 471 g/mol. The highest BCUT2D eigenvalue weighted by molar-refractivity contribution is 9.11.